The van der Waals surface area contributed by atoms with Gasteiger partial charge in [-0.1, -0.05) is 47.4 Å². The molecule has 1 N–H and O–H groups in total. The number of amides is 1. The number of hydrogen-bond donors (Lipinski definition) is 1. The van der Waals surface area contributed by atoms with Crippen LogP contribution in [0.1, 0.15) is 12.5 Å². The van der Waals surface area contributed by atoms with Crippen molar-refractivity contribution in [3.8, 4) is 0 Å². The molecule has 0 radical (unpaired) electrons. The maximum atomic E-state index is 12.7. The zero-order valence-electron chi connectivity index (χ0n) is 12.9. The highest BCUT2D eigenvalue weighted by Crippen LogP contribution is 2.33. The van der Waals surface area contributed by atoms with Crippen LogP contribution >= 0.6 is 23.1 Å². The van der Waals surface area contributed by atoms with Crippen LogP contribution in [0.3, 0.4) is 0 Å². The SMILES string of the molecule is C=CCNc1nnc(SC(C)C(=O)N2CCc3ccccc32)s1. The first-order valence-electron chi connectivity index (χ1n) is 7.43. The third kappa shape index (κ3) is 3.56. The molecule has 2 aromatic rings. The lowest BCUT2D eigenvalue weighted by atomic mass is 10.2. The summed E-state index contributed by atoms with van der Waals surface area (Å²) >= 11 is 2.91. The molecule has 0 saturated carbocycles. The van der Waals surface area contributed by atoms with Gasteiger partial charge in [-0.2, -0.15) is 0 Å². The first-order valence-corrected chi connectivity index (χ1v) is 9.13. The smallest absolute Gasteiger partial charge is 0.240 e. The third-order valence-electron chi connectivity index (χ3n) is 3.58. The predicted molar refractivity (Wildman–Crippen MR) is 96.4 cm³/mol. The van der Waals surface area contributed by atoms with Crippen LogP contribution in [0.2, 0.25) is 0 Å². The Labute approximate surface area is 143 Å². The Morgan fingerprint density at radius 3 is 3.17 bits per heavy atom. The lowest BCUT2D eigenvalue weighted by molar-refractivity contribution is -0.117. The second kappa shape index (κ2) is 7.14. The normalized spacial score (nSPS) is 14.4. The van der Waals surface area contributed by atoms with Crippen molar-refractivity contribution in [2.24, 2.45) is 0 Å². The fraction of sp³-hybridized carbons (Fsp3) is 0.312. The molecule has 0 saturated heterocycles. The van der Waals surface area contributed by atoms with E-state index in [4.69, 9.17) is 0 Å². The summed E-state index contributed by atoms with van der Waals surface area (Å²) < 4.78 is 0.796. The molecule has 3 rings (SSSR count). The monoisotopic (exact) mass is 346 g/mol. The van der Waals surface area contributed by atoms with Gasteiger partial charge in [0.1, 0.15) is 0 Å². The molecule has 1 aliphatic heterocycles. The summed E-state index contributed by atoms with van der Waals surface area (Å²) in [5.41, 5.74) is 2.28. The average Bonchev–Trinajstić information content (AvgIpc) is 3.18. The molecule has 0 bridgehead atoms. The van der Waals surface area contributed by atoms with E-state index in [1.807, 2.05) is 30.0 Å². The summed E-state index contributed by atoms with van der Waals surface area (Å²) in [5.74, 6) is 0.121. The summed E-state index contributed by atoms with van der Waals surface area (Å²) in [5, 5.41) is 11.8. The van der Waals surface area contributed by atoms with Gasteiger partial charge in [-0.15, -0.1) is 16.8 Å². The van der Waals surface area contributed by atoms with E-state index in [0.717, 1.165) is 28.1 Å². The second-order valence-corrected chi connectivity index (χ2v) is 7.74. The fourth-order valence-corrected chi connectivity index (χ4v) is 4.44. The van der Waals surface area contributed by atoms with Crippen molar-refractivity contribution < 1.29 is 4.79 Å². The minimum Gasteiger partial charge on any atom is -0.357 e. The van der Waals surface area contributed by atoms with Gasteiger partial charge in [-0.3, -0.25) is 4.79 Å². The van der Waals surface area contributed by atoms with Gasteiger partial charge < -0.3 is 10.2 Å². The number of para-hydroxylation sites is 1. The molecule has 1 unspecified atom stereocenters. The molecule has 0 fully saturated rings. The maximum Gasteiger partial charge on any atom is 0.240 e. The molecule has 1 aromatic carbocycles. The molecule has 120 valence electrons. The van der Waals surface area contributed by atoms with E-state index in [2.05, 4.69) is 28.2 Å². The highest BCUT2D eigenvalue weighted by Gasteiger charge is 2.28. The van der Waals surface area contributed by atoms with Gasteiger partial charge in [-0.25, -0.2) is 0 Å². The van der Waals surface area contributed by atoms with Crippen LogP contribution < -0.4 is 10.2 Å². The summed E-state index contributed by atoms with van der Waals surface area (Å²) in [6.07, 6.45) is 2.69. The van der Waals surface area contributed by atoms with Crippen molar-refractivity contribution in [3.05, 3.63) is 42.5 Å². The first-order chi connectivity index (χ1) is 11.2. The number of fused-ring (bicyclic) bond motifs is 1. The van der Waals surface area contributed by atoms with Crippen LogP contribution in [0.5, 0.6) is 0 Å². The van der Waals surface area contributed by atoms with Gasteiger partial charge in [0.25, 0.3) is 0 Å². The van der Waals surface area contributed by atoms with E-state index in [1.165, 1.54) is 28.7 Å². The fourth-order valence-electron chi connectivity index (χ4n) is 2.48. The number of benzene rings is 1. The largest absolute Gasteiger partial charge is 0.357 e. The van der Waals surface area contributed by atoms with E-state index >= 15 is 0 Å². The van der Waals surface area contributed by atoms with Crippen molar-refractivity contribution in [2.75, 3.05) is 23.3 Å². The Hall–Kier alpha value is -1.86. The number of rotatable bonds is 6. The van der Waals surface area contributed by atoms with Gasteiger partial charge in [0, 0.05) is 18.8 Å². The van der Waals surface area contributed by atoms with Crippen LogP contribution in [0.25, 0.3) is 0 Å². The Morgan fingerprint density at radius 1 is 1.52 bits per heavy atom. The summed E-state index contributed by atoms with van der Waals surface area (Å²) in [6, 6.07) is 8.09. The standard InChI is InChI=1S/C16H18N4OS2/c1-3-9-17-15-18-19-16(23-15)22-11(2)14(21)20-10-8-12-6-4-5-7-13(12)20/h3-7,11H,1,8-10H2,2H3,(H,17,18). The van der Waals surface area contributed by atoms with Crippen molar-refractivity contribution in [3.63, 3.8) is 0 Å². The quantitative estimate of drug-likeness (QED) is 0.643. The second-order valence-electron chi connectivity index (χ2n) is 5.17. The number of nitrogens with one attached hydrogen (secondary N) is 1. The van der Waals surface area contributed by atoms with Crippen LogP contribution in [0.15, 0.2) is 41.3 Å². The highest BCUT2D eigenvalue weighted by atomic mass is 32.2. The van der Waals surface area contributed by atoms with Crippen molar-refractivity contribution in [1.29, 1.82) is 0 Å². The molecule has 2 heterocycles. The number of carbonyl (C=O) groups is 1. The van der Waals surface area contributed by atoms with Crippen LogP contribution in [0.4, 0.5) is 10.8 Å². The van der Waals surface area contributed by atoms with E-state index < -0.39 is 0 Å². The molecular formula is C16H18N4OS2. The van der Waals surface area contributed by atoms with E-state index in [-0.39, 0.29) is 11.2 Å². The molecule has 1 aromatic heterocycles. The lowest BCUT2D eigenvalue weighted by Crippen LogP contribution is -2.35. The number of carbonyl (C=O) groups excluding carboxylic acids is 1. The van der Waals surface area contributed by atoms with Gasteiger partial charge in [-0.05, 0) is 25.0 Å². The Kier molecular flexibility index (Phi) is 4.97. The molecule has 7 heteroatoms. The van der Waals surface area contributed by atoms with E-state index in [1.54, 1.807) is 6.08 Å². The highest BCUT2D eigenvalue weighted by molar-refractivity contribution is 8.02. The summed E-state index contributed by atoms with van der Waals surface area (Å²) in [4.78, 5) is 14.6. The summed E-state index contributed by atoms with van der Waals surface area (Å²) in [7, 11) is 0. The Bertz CT molecular complexity index is 716. The van der Waals surface area contributed by atoms with Gasteiger partial charge in [0.2, 0.25) is 11.0 Å². The minimum absolute atomic E-state index is 0.121. The summed E-state index contributed by atoms with van der Waals surface area (Å²) in [6.45, 7) is 6.98. The van der Waals surface area contributed by atoms with Crippen molar-refractivity contribution in [1.82, 2.24) is 10.2 Å². The molecule has 1 atom stereocenters. The van der Waals surface area contributed by atoms with Crippen molar-refractivity contribution >= 4 is 39.8 Å². The molecule has 0 spiro atoms. The molecule has 23 heavy (non-hydrogen) atoms. The minimum atomic E-state index is -0.193. The zero-order valence-corrected chi connectivity index (χ0v) is 14.5. The molecular weight excluding hydrogens is 328 g/mol. The number of hydrogen-bond acceptors (Lipinski definition) is 6. The molecule has 1 amide bonds. The predicted octanol–water partition coefficient (Wildman–Crippen LogP) is 3.21. The van der Waals surface area contributed by atoms with Gasteiger partial charge >= 0.3 is 0 Å². The molecule has 0 aliphatic carbocycles. The Morgan fingerprint density at radius 2 is 2.35 bits per heavy atom. The van der Waals surface area contributed by atoms with Crippen LogP contribution in [0, 0.1) is 0 Å². The Balaban J connectivity index is 1.64. The van der Waals surface area contributed by atoms with E-state index in [0.29, 0.717) is 6.54 Å². The van der Waals surface area contributed by atoms with Crippen molar-refractivity contribution in [2.45, 2.75) is 22.9 Å². The van der Waals surface area contributed by atoms with Crippen LogP contribution in [-0.2, 0) is 11.2 Å². The van der Waals surface area contributed by atoms with Gasteiger partial charge in [0.15, 0.2) is 4.34 Å². The number of anilines is 2. The lowest BCUT2D eigenvalue weighted by Gasteiger charge is -2.20. The zero-order chi connectivity index (χ0) is 16.2. The number of aromatic nitrogens is 2. The number of nitrogens with zero attached hydrogens (tertiary/aromatic N) is 3. The maximum absolute atomic E-state index is 12.7. The number of thioether (sulfide) groups is 1. The average molecular weight is 346 g/mol. The van der Waals surface area contributed by atoms with Gasteiger partial charge in [0.05, 0.1) is 5.25 Å². The first kappa shape index (κ1) is 16.0. The van der Waals surface area contributed by atoms with E-state index in [9.17, 15) is 4.79 Å². The third-order valence-corrected chi connectivity index (χ3v) is 5.64. The molecule has 5 nitrogen and oxygen atoms in total. The van der Waals surface area contributed by atoms with Crippen LogP contribution in [-0.4, -0.2) is 34.4 Å². The molecule has 1 aliphatic rings. The topological polar surface area (TPSA) is 58.1 Å².